The SMILES string of the molecule is CC(C)(C)OC(=O)N[C@@H](CCC(=O)c1ccc(OCc2ccccc2)cc1)C(=O)OC(C)(C)C. The van der Waals surface area contributed by atoms with Crippen molar-refractivity contribution in [3.05, 3.63) is 65.7 Å². The number of rotatable bonds is 9. The van der Waals surface area contributed by atoms with E-state index in [9.17, 15) is 14.4 Å². The molecular formula is C27H35NO6. The van der Waals surface area contributed by atoms with Gasteiger partial charge in [0, 0.05) is 12.0 Å². The van der Waals surface area contributed by atoms with Crippen LogP contribution < -0.4 is 10.1 Å². The zero-order valence-electron chi connectivity index (χ0n) is 20.8. The van der Waals surface area contributed by atoms with Gasteiger partial charge in [0.15, 0.2) is 5.78 Å². The molecule has 2 aromatic rings. The number of hydrogen-bond donors (Lipinski definition) is 1. The summed E-state index contributed by atoms with van der Waals surface area (Å²) in [5.74, 6) is -0.122. The number of carbonyl (C=O) groups excluding carboxylic acids is 3. The lowest BCUT2D eigenvalue weighted by Crippen LogP contribution is -2.46. The topological polar surface area (TPSA) is 90.9 Å². The first-order valence-electron chi connectivity index (χ1n) is 11.3. The molecule has 0 spiro atoms. The highest BCUT2D eigenvalue weighted by Crippen LogP contribution is 2.18. The normalized spacial score (nSPS) is 12.4. The summed E-state index contributed by atoms with van der Waals surface area (Å²) in [7, 11) is 0. The van der Waals surface area contributed by atoms with E-state index in [0.717, 1.165) is 5.56 Å². The molecule has 0 saturated carbocycles. The van der Waals surface area contributed by atoms with Crippen molar-refractivity contribution in [3.63, 3.8) is 0 Å². The van der Waals surface area contributed by atoms with Crippen LogP contribution in [0, 0.1) is 0 Å². The maximum atomic E-state index is 12.7. The second-order valence-corrected chi connectivity index (χ2v) is 9.99. The second-order valence-electron chi connectivity index (χ2n) is 9.99. The van der Waals surface area contributed by atoms with Crippen molar-refractivity contribution in [1.82, 2.24) is 5.32 Å². The van der Waals surface area contributed by atoms with E-state index >= 15 is 0 Å². The number of ether oxygens (including phenoxy) is 3. The maximum absolute atomic E-state index is 12.7. The van der Waals surface area contributed by atoms with E-state index in [1.54, 1.807) is 65.8 Å². The molecule has 0 unspecified atom stereocenters. The molecule has 7 heteroatoms. The summed E-state index contributed by atoms with van der Waals surface area (Å²) in [6.45, 7) is 10.8. The number of carbonyl (C=O) groups is 3. The number of hydrogen-bond acceptors (Lipinski definition) is 6. The number of esters is 1. The van der Waals surface area contributed by atoms with Crippen LogP contribution in [-0.2, 0) is 20.9 Å². The number of Topliss-reactive ketones (excluding diaryl/α,β-unsaturated/α-hetero) is 1. The Bertz CT molecular complexity index is 955. The molecule has 0 radical (unpaired) electrons. The van der Waals surface area contributed by atoms with Gasteiger partial charge in [-0.3, -0.25) is 4.79 Å². The average Bonchev–Trinajstić information content (AvgIpc) is 2.73. The van der Waals surface area contributed by atoms with Crippen LogP contribution in [0.5, 0.6) is 5.75 Å². The molecule has 0 aliphatic rings. The standard InChI is InChI=1S/C27H35NO6/c1-26(2,3)33-24(30)22(28-25(31)34-27(4,5)6)16-17-23(29)20-12-14-21(15-13-20)32-18-19-10-8-7-9-11-19/h7-15,22H,16-18H2,1-6H3,(H,28,31)/t22-/m0/s1. The molecule has 0 aliphatic heterocycles. The van der Waals surface area contributed by atoms with Gasteiger partial charge in [0.25, 0.3) is 0 Å². The molecule has 1 N–H and O–H groups in total. The summed E-state index contributed by atoms with van der Waals surface area (Å²) in [4.78, 5) is 37.6. The summed E-state index contributed by atoms with van der Waals surface area (Å²) in [6, 6.07) is 15.6. The fourth-order valence-electron chi connectivity index (χ4n) is 2.97. The van der Waals surface area contributed by atoms with Crippen molar-refractivity contribution in [1.29, 1.82) is 0 Å². The van der Waals surface area contributed by atoms with E-state index in [0.29, 0.717) is 17.9 Å². The first kappa shape index (κ1) is 26.9. The highest BCUT2D eigenvalue weighted by Gasteiger charge is 2.29. The Morgan fingerprint density at radius 3 is 1.97 bits per heavy atom. The van der Waals surface area contributed by atoms with Gasteiger partial charge in [-0.05, 0) is 77.8 Å². The van der Waals surface area contributed by atoms with Crippen LogP contribution in [0.3, 0.4) is 0 Å². The lowest BCUT2D eigenvalue weighted by atomic mass is 10.0. The van der Waals surface area contributed by atoms with Gasteiger partial charge >= 0.3 is 12.1 Å². The average molecular weight is 470 g/mol. The molecule has 0 fully saturated rings. The summed E-state index contributed by atoms with van der Waals surface area (Å²) < 4.78 is 16.4. The summed E-state index contributed by atoms with van der Waals surface area (Å²) in [6.07, 6.45) is -0.612. The Balaban J connectivity index is 1.97. The highest BCUT2D eigenvalue weighted by molar-refractivity contribution is 5.96. The van der Waals surface area contributed by atoms with Gasteiger partial charge in [-0.25, -0.2) is 9.59 Å². The molecule has 34 heavy (non-hydrogen) atoms. The number of alkyl carbamates (subject to hydrolysis) is 1. The van der Waals surface area contributed by atoms with Crippen molar-refractivity contribution in [2.45, 2.75) is 78.2 Å². The fourth-order valence-corrected chi connectivity index (χ4v) is 2.97. The van der Waals surface area contributed by atoms with Crippen LogP contribution in [0.4, 0.5) is 4.79 Å². The van der Waals surface area contributed by atoms with Crippen LogP contribution in [0.15, 0.2) is 54.6 Å². The molecule has 2 aromatic carbocycles. The second kappa shape index (κ2) is 11.7. The Morgan fingerprint density at radius 1 is 0.824 bits per heavy atom. The minimum absolute atomic E-state index is 0.0456. The van der Waals surface area contributed by atoms with Gasteiger partial charge in [-0.2, -0.15) is 0 Å². The quantitative estimate of drug-likeness (QED) is 0.387. The van der Waals surface area contributed by atoms with Gasteiger partial charge in [-0.15, -0.1) is 0 Å². The monoisotopic (exact) mass is 469 g/mol. The number of ketones is 1. The predicted octanol–water partition coefficient (Wildman–Crippen LogP) is 5.46. The fraction of sp³-hybridized carbons (Fsp3) is 0.444. The first-order chi connectivity index (χ1) is 15.8. The molecule has 0 aliphatic carbocycles. The highest BCUT2D eigenvalue weighted by atomic mass is 16.6. The van der Waals surface area contributed by atoms with Crippen LogP contribution in [-0.4, -0.2) is 35.1 Å². The zero-order valence-corrected chi connectivity index (χ0v) is 20.8. The largest absolute Gasteiger partial charge is 0.489 e. The van der Waals surface area contributed by atoms with E-state index in [1.807, 2.05) is 30.3 Å². The van der Waals surface area contributed by atoms with Gasteiger partial charge in [0.05, 0.1) is 0 Å². The zero-order chi connectivity index (χ0) is 25.4. The Labute approximate surface area is 201 Å². The smallest absolute Gasteiger partial charge is 0.408 e. The van der Waals surface area contributed by atoms with E-state index in [-0.39, 0.29) is 18.6 Å². The lowest BCUT2D eigenvalue weighted by Gasteiger charge is -2.26. The van der Waals surface area contributed by atoms with E-state index in [4.69, 9.17) is 14.2 Å². The van der Waals surface area contributed by atoms with Crippen LogP contribution in [0.25, 0.3) is 0 Å². The van der Waals surface area contributed by atoms with Crippen molar-refractivity contribution >= 4 is 17.8 Å². The third-order valence-electron chi connectivity index (χ3n) is 4.47. The molecular weight excluding hydrogens is 434 g/mol. The van der Waals surface area contributed by atoms with Crippen molar-refractivity contribution < 1.29 is 28.6 Å². The maximum Gasteiger partial charge on any atom is 0.408 e. The molecule has 2 rings (SSSR count). The lowest BCUT2D eigenvalue weighted by molar-refractivity contribution is -0.157. The minimum Gasteiger partial charge on any atom is -0.489 e. The third kappa shape index (κ3) is 10.1. The van der Waals surface area contributed by atoms with Crippen molar-refractivity contribution in [2.24, 2.45) is 0 Å². The van der Waals surface area contributed by atoms with Crippen molar-refractivity contribution in [2.75, 3.05) is 0 Å². The van der Waals surface area contributed by atoms with E-state index in [2.05, 4.69) is 5.32 Å². The number of nitrogens with one attached hydrogen (secondary N) is 1. The molecule has 0 bridgehead atoms. The van der Waals surface area contributed by atoms with Crippen molar-refractivity contribution in [3.8, 4) is 5.75 Å². The molecule has 0 heterocycles. The van der Waals surface area contributed by atoms with Gasteiger partial charge < -0.3 is 19.5 Å². The summed E-state index contributed by atoms with van der Waals surface area (Å²) in [5, 5.41) is 2.54. The van der Waals surface area contributed by atoms with Gasteiger partial charge in [-0.1, -0.05) is 30.3 Å². The molecule has 184 valence electrons. The van der Waals surface area contributed by atoms with Crippen LogP contribution >= 0.6 is 0 Å². The minimum atomic E-state index is -1.01. The van der Waals surface area contributed by atoms with E-state index < -0.39 is 29.3 Å². The predicted molar refractivity (Wildman–Crippen MR) is 130 cm³/mol. The first-order valence-corrected chi connectivity index (χ1v) is 11.3. The Morgan fingerprint density at radius 2 is 1.41 bits per heavy atom. The van der Waals surface area contributed by atoms with Gasteiger partial charge in [0.1, 0.15) is 29.6 Å². The van der Waals surface area contributed by atoms with Crippen LogP contribution in [0.1, 0.15) is 70.3 Å². The summed E-state index contributed by atoms with van der Waals surface area (Å²) in [5.41, 5.74) is 0.0911. The molecule has 0 aromatic heterocycles. The Hall–Kier alpha value is -3.35. The molecule has 7 nitrogen and oxygen atoms in total. The van der Waals surface area contributed by atoms with Gasteiger partial charge in [0.2, 0.25) is 0 Å². The van der Waals surface area contributed by atoms with E-state index in [1.165, 1.54) is 0 Å². The summed E-state index contributed by atoms with van der Waals surface area (Å²) >= 11 is 0. The Kier molecular flexibility index (Phi) is 9.24. The molecule has 0 saturated heterocycles. The number of benzene rings is 2. The number of amides is 1. The third-order valence-corrected chi connectivity index (χ3v) is 4.47. The molecule has 1 amide bonds. The van der Waals surface area contributed by atoms with Crippen LogP contribution in [0.2, 0.25) is 0 Å². The molecule has 1 atom stereocenters.